The third-order valence-electron chi connectivity index (χ3n) is 1.89. The minimum absolute atomic E-state index is 0.206. The summed E-state index contributed by atoms with van der Waals surface area (Å²) < 4.78 is 10.1. The Hall–Kier alpha value is -1.42. The van der Waals surface area contributed by atoms with Gasteiger partial charge >= 0.3 is 0 Å². The maximum absolute atomic E-state index is 11.3. The van der Waals surface area contributed by atoms with Crippen molar-refractivity contribution < 1.29 is 14.3 Å². The molecule has 5 heteroatoms. The van der Waals surface area contributed by atoms with Crippen LogP contribution in [0.15, 0.2) is 12.1 Å². The number of benzene rings is 1. The molecule has 4 nitrogen and oxygen atoms in total. The summed E-state index contributed by atoms with van der Waals surface area (Å²) in [5.74, 6) is 0.435. The lowest BCUT2D eigenvalue weighted by molar-refractivity contribution is 0.0969. The van der Waals surface area contributed by atoms with Gasteiger partial charge in [0.25, 0.3) is 5.91 Å². The van der Waals surface area contributed by atoms with Crippen LogP contribution in [0.3, 0.4) is 0 Å². The van der Waals surface area contributed by atoms with Crippen LogP contribution in [0.5, 0.6) is 11.5 Å². The Bertz CT molecular complexity index is 379. The van der Waals surface area contributed by atoms with Crippen molar-refractivity contribution in [2.45, 2.75) is 0 Å². The summed E-state index contributed by atoms with van der Waals surface area (Å²) in [4.78, 5) is 11.3. The van der Waals surface area contributed by atoms with Gasteiger partial charge in [0.1, 0.15) is 0 Å². The van der Waals surface area contributed by atoms with Crippen LogP contribution in [0.1, 0.15) is 10.4 Å². The van der Waals surface area contributed by atoms with Crippen LogP contribution in [-0.2, 0) is 0 Å². The molecule has 0 saturated heterocycles. The van der Waals surface area contributed by atoms with Crippen LogP contribution in [0.2, 0.25) is 5.02 Å². The van der Waals surface area contributed by atoms with Crippen molar-refractivity contribution >= 4 is 17.5 Å². The number of carbonyl (C=O) groups excluding carboxylic acids is 1. The molecule has 0 aliphatic carbocycles. The van der Waals surface area contributed by atoms with Crippen molar-refractivity contribution in [3.8, 4) is 11.5 Å². The Balaban J connectivity index is 3.29. The van der Waals surface area contributed by atoms with Gasteiger partial charge in [-0.1, -0.05) is 11.6 Å². The van der Waals surface area contributed by atoms with Crippen LogP contribution in [0.4, 0.5) is 0 Å². The second kappa shape index (κ2) is 4.89. The molecule has 1 aromatic carbocycles. The second-order valence-corrected chi connectivity index (χ2v) is 3.05. The number of rotatable bonds is 3. The normalized spacial score (nSPS) is 9.60. The predicted octanol–water partition coefficient (Wildman–Crippen LogP) is 1.88. The fourth-order valence-corrected chi connectivity index (χ4v) is 1.48. The van der Waals surface area contributed by atoms with E-state index in [9.17, 15) is 4.79 Å². The fraction of sp³-hybridized carbons (Fsp3) is 0.200. The van der Waals surface area contributed by atoms with E-state index >= 15 is 0 Å². The van der Waals surface area contributed by atoms with Crippen LogP contribution in [0.25, 0.3) is 0 Å². The number of hydrogen-bond donors (Lipinski definition) is 1. The molecule has 81 valence electrons. The van der Waals surface area contributed by atoms with Crippen molar-refractivity contribution in [2.24, 2.45) is 0 Å². The molecule has 1 aromatic rings. The van der Waals surface area contributed by atoms with Crippen LogP contribution < -0.4 is 14.8 Å². The average Bonchev–Trinajstić information content (AvgIpc) is 2.27. The summed E-state index contributed by atoms with van der Waals surface area (Å²) in [5, 5.41) is 2.45. The Morgan fingerprint density at radius 1 is 1.40 bits per heavy atom. The predicted molar refractivity (Wildman–Crippen MR) is 57.4 cm³/mol. The summed E-state index contributed by atoms with van der Waals surface area (Å²) in [6.07, 6.45) is 0. The van der Waals surface area contributed by atoms with E-state index in [1.54, 1.807) is 12.1 Å². The molecule has 0 saturated carbocycles. The highest BCUT2D eigenvalue weighted by molar-refractivity contribution is 6.35. The number of ether oxygens (including phenoxy) is 2. The molecule has 0 bridgehead atoms. The number of halogens is 1. The molecule has 0 fully saturated rings. The minimum atomic E-state index is -0.374. The highest BCUT2D eigenvalue weighted by Gasteiger charge is 2.16. The molecular formula is C10H11ClNO3. The van der Waals surface area contributed by atoms with Gasteiger partial charge in [-0.05, 0) is 12.1 Å². The molecular weight excluding hydrogens is 218 g/mol. The van der Waals surface area contributed by atoms with E-state index in [0.717, 1.165) is 0 Å². The number of amides is 1. The molecule has 0 aliphatic heterocycles. The lowest BCUT2D eigenvalue weighted by Gasteiger charge is -2.11. The molecule has 1 radical (unpaired) electrons. The molecule has 1 amide bonds. The van der Waals surface area contributed by atoms with Gasteiger partial charge in [-0.2, -0.15) is 0 Å². The van der Waals surface area contributed by atoms with E-state index in [2.05, 4.69) is 12.4 Å². The molecule has 15 heavy (non-hydrogen) atoms. The van der Waals surface area contributed by atoms with Gasteiger partial charge in [-0.3, -0.25) is 4.79 Å². The van der Waals surface area contributed by atoms with E-state index in [0.29, 0.717) is 17.1 Å². The number of hydrogen-bond acceptors (Lipinski definition) is 3. The zero-order chi connectivity index (χ0) is 11.4. The van der Waals surface area contributed by atoms with E-state index < -0.39 is 0 Å². The van der Waals surface area contributed by atoms with Gasteiger partial charge in [-0.15, -0.1) is 0 Å². The second-order valence-electron chi connectivity index (χ2n) is 2.67. The smallest absolute Gasteiger partial charge is 0.253 e. The molecule has 0 aliphatic rings. The lowest BCUT2D eigenvalue weighted by Crippen LogP contribution is -2.16. The van der Waals surface area contributed by atoms with E-state index in [1.807, 2.05) is 0 Å². The molecule has 0 atom stereocenters. The average molecular weight is 229 g/mol. The van der Waals surface area contributed by atoms with Crippen molar-refractivity contribution in [1.29, 1.82) is 0 Å². The zero-order valence-corrected chi connectivity index (χ0v) is 9.22. The Morgan fingerprint density at radius 3 is 2.53 bits per heavy atom. The summed E-state index contributed by atoms with van der Waals surface area (Å²) in [6, 6.07) is 3.15. The highest BCUT2D eigenvalue weighted by atomic mass is 35.5. The van der Waals surface area contributed by atoms with E-state index in [-0.39, 0.29) is 10.9 Å². The standard InChI is InChI=1S/C10H11ClNO3/c1-12-10(13)6-4-5-7(14-2)9(15-3)8(6)11/h4-5H,1H2,2-3H3,(H,12,13). The summed E-state index contributed by atoms with van der Waals surface area (Å²) in [6.45, 7) is 0. The SMILES string of the molecule is [CH2]NC(=O)c1ccc(OC)c(OC)c1Cl. The maximum atomic E-state index is 11.3. The summed E-state index contributed by atoms with van der Waals surface area (Å²) in [5.41, 5.74) is 0.296. The Morgan fingerprint density at radius 2 is 2.07 bits per heavy atom. The number of methoxy groups -OCH3 is 2. The van der Waals surface area contributed by atoms with Crippen molar-refractivity contribution in [3.63, 3.8) is 0 Å². The van der Waals surface area contributed by atoms with Crippen LogP contribution in [0, 0.1) is 7.05 Å². The largest absolute Gasteiger partial charge is 0.493 e. The van der Waals surface area contributed by atoms with Gasteiger partial charge in [-0.25, -0.2) is 0 Å². The highest BCUT2D eigenvalue weighted by Crippen LogP contribution is 2.37. The quantitative estimate of drug-likeness (QED) is 0.859. The van der Waals surface area contributed by atoms with Crippen molar-refractivity contribution in [3.05, 3.63) is 29.8 Å². The zero-order valence-electron chi connectivity index (χ0n) is 8.46. The maximum Gasteiger partial charge on any atom is 0.253 e. The summed E-state index contributed by atoms with van der Waals surface area (Å²) >= 11 is 5.97. The van der Waals surface area contributed by atoms with Crippen LogP contribution >= 0.6 is 11.6 Å². The van der Waals surface area contributed by atoms with Crippen molar-refractivity contribution in [1.82, 2.24) is 5.32 Å². The molecule has 1 rings (SSSR count). The van der Waals surface area contributed by atoms with Gasteiger partial charge in [0.2, 0.25) is 0 Å². The van der Waals surface area contributed by atoms with Gasteiger partial charge < -0.3 is 14.8 Å². The van der Waals surface area contributed by atoms with E-state index in [4.69, 9.17) is 21.1 Å². The van der Waals surface area contributed by atoms with Gasteiger partial charge in [0.15, 0.2) is 11.5 Å². The Kier molecular flexibility index (Phi) is 3.80. The molecule has 0 unspecified atom stereocenters. The first kappa shape index (κ1) is 11.7. The first-order valence-corrected chi connectivity index (χ1v) is 4.51. The molecule has 0 aromatic heterocycles. The molecule has 0 heterocycles. The third kappa shape index (κ3) is 2.15. The van der Waals surface area contributed by atoms with E-state index in [1.165, 1.54) is 14.2 Å². The van der Waals surface area contributed by atoms with Gasteiger partial charge in [0.05, 0.1) is 24.8 Å². The topological polar surface area (TPSA) is 47.6 Å². The Labute approximate surface area is 93.1 Å². The third-order valence-corrected chi connectivity index (χ3v) is 2.27. The summed E-state index contributed by atoms with van der Waals surface area (Å²) in [7, 11) is 6.22. The van der Waals surface area contributed by atoms with Crippen molar-refractivity contribution in [2.75, 3.05) is 14.2 Å². The lowest BCUT2D eigenvalue weighted by atomic mass is 10.2. The molecule has 0 spiro atoms. The number of nitrogens with one attached hydrogen (secondary N) is 1. The first-order valence-electron chi connectivity index (χ1n) is 4.13. The molecule has 1 N–H and O–H groups in total. The fourth-order valence-electron chi connectivity index (χ4n) is 1.16. The van der Waals surface area contributed by atoms with Gasteiger partial charge in [0, 0.05) is 7.05 Å². The first-order chi connectivity index (χ1) is 7.15. The number of carbonyl (C=O) groups is 1. The monoisotopic (exact) mass is 228 g/mol. The van der Waals surface area contributed by atoms with Crippen LogP contribution in [-0.4, -0.2) is 20.1 Å². The minimum Gasteiger partial charge on any atom is -0.493 e.